The number of allylic oxidation sites excluding steroid dienone is 2. The van der Waals surface area contributed by atoms with Gasteiger partial charge in [0.2, 0.25) is 11.8 Å². The molecule has 0 aromatic heterocycles. The molecule has 4 atom stereocenters. The first-order valence-corrected chi connectivity index (χ1v) is 9.69. The van der Waals surface area contributed by atoms with Crippen LogP contribution in [-0.2, 0) is 23.9 Å². The van der Waals surface area contributed by atoms with Crippen molar-refractivity contribution < 1.29 is 28.7 Å². The third kappa shape index (κ3) is 4.24. The number of nitrogens with zero attached hydrogens (tertiary/aromatic N) is 1. The number of hydrazine groups is 1. The Hall–Kier alpha value is -3.49. The highest BCUT2D eigenvalue weighted by molar-refractivity contribution is 6.08. The molecule has 9 nitrogen and oxygen atoms in total. The average molecular weight is 413 g/mol. The van der Waals surface area contributed by atoms with Crippen LogP contribution in [-0.4, -0.2) is 46.6 Å². The van der Waals surface area contributed by atoms with E-state index < -0.39 is 53.6 Å². The van der Waals surface area contributed by atoms with Gasteiger partial charge >= 0.3 is 5.97 Å². The van der Waals surface area contributed by atoms with Crippen LogP contribution in [0.1, 0.15) is 37.0 Å². The van der Waals surface area contributed by atoms with E-state index in [0.29, 0.717) is 18.4 Å². The molecule has 158 valence electrons. The molecule has 1 aliphatic heterocycles. The summed E-state index contributed by atoms with van der Waals surface area (Å²) in [4.78, 5) is 62.6. The summed E-state index contributed by atoms with van der Waals surface area (Å²) in [6.45, 7) is 2.72. The molecule has 1 aromatic carbocycles. The predicted molar refractivity (Wildman–Crippen MR) is 104 cm³/mol. The van der Waals surface area contributed by atoms with Gasteiger partial charge in [-0.15, -0.1) is 0 Å². The van der Waals surface area contributed by atoms with E-state index in [9.17, 15) is 24.0 Å². The first-order valence-electron chi connectivity index (χ1n) is 9.69. The minimum Gasteiger partial charge on any atom is -0.451 e. The number of nitrogens with one attached hydrogen (secondary N) is 2. The van der Waals surface area contributed by atoms with E-state index >= 15 is 0 Å². The van der Waals surface area contributed by atoms with Crippen LogP contribution >= 0.6 is 0 Å². The lowest BCUT2D eigenvalue weighted by Gasteiger charge is -2.23. The first kappa shape index (κ1) is 21.2. The summed E-state index contributed by atoms with van der Waals surface area (Å²) >= 11 is 0. The molecule has 0 unspecified atom stereocenters. The molecular formula is C21H23N3O6. The van der Waals surface area contributed by atoms with Gasteiger partial charge < -0.3 is 4.74 Å². The van der Waals surface area contributed by atoms with Crippen LogP contribution in [0.2, 0.25) is 0 Å². The zero-order chi connectivity index (χ0) is 21.8. The summed E-state index contributed by atoms with van der Waals surface area (Å²) in [7, 11) is 0. The van der Waals surface area contributed by atoms with Crippen molar-refractivity contribution in [3.63, 3.8) is 0 Å². The second kappa shape index (κ2) is 8.89. The van der Waals surface area contributed by atoms with Gasteiger partial charge in [-0.3, -0.25) is 34.9 Å². The Balaban J connectivity index is 1.53. The zero-order valence-electron chi connectivity index (χ0n) is 16.7. The van der Waals surface area contributed by atoms with Crippen LogP contribution in [0.5, 0.6) is 0 Å². The first-order chi connectivity index (χ1) is 14.3. The molecular weight excluding hydrogens is 390 g/mol. The van der Waals surface area contributed by atoms with Gasteiger partial charge in [-0.05, 0) is 38.8 Å². The second-order valence-corrected chi connectivity index (χ2v) is 7.27. The van der Waals surface area contributed by atoms with Crippen LogP contribution in [0.25, 0.3) is 0 Å². The van der Waals surface area contributed by atoms with Crippen molar-refractivity contribution in [2.24, 2.45) is 11.8 Å². The fraction of sp³-hybridized carbons (Fsp3) is 0.381. The Morgan fingerprint density at radius 1 is 0.967 bits per heavy atom. The number of hydrogen-bond donors (Lipinski definition) is 2. The van der Waals surface area contributed by atoms with E-state index in [4.69, 9.17) is 4.74 Å². The molecule has 1 heterocycles. The van der Waals surface area contributed by atoms with Crippen molar-refractivity contribution >= 4 is 29.6 Å². The monoisotopic (exact) mass is 413 g/mol. The molecule has 1 fully saturated rings. The van der Waals surface area contributed by atoms with Gasteiger partial charge in [0.15, 0.2) is 6.10 Å². The average Bonchev–Trinajstić information content (AvgIpc) is 3.02. The van der Waals surface area contributed by atoms with Crippen molar-refractivity contribution in [3.05, 3.63) is 48.0 Å². The van der Waals surface area contributed by atoms with Crippen molar-refractivity contribution in [2.45, 2.75) is 38.8 Å². The number of carbonyl (C=O) groups is 5. The molecule has 1 saturated heterocycles. The Morgan fingerprint density at radius 3 is 2.10 bits per heavy atom. The number of hydrogen-bond acceptors (Lipinski definition) is 6. The molecule has 0 bridgehead atoms. The number of esters is 1. The summed E-state index contributed by atoms with van der Waals surface area (Å²) in [5.74, 6) is -3.85. The van der Waals surface area contributed by atoms with Crippen molar-refractivity contribution in [1.82, 2.24) is 15.8 Å². The number of likely N-dealkylation sites (tertiary alicyclic amines) is 1. The number of amides is 4. The molecule has 0 saturated carbocycles. The second-order valence-electron chi connectivity index (χ2n) is 7.27. The Bertz CT molecular complexity index is 871. The topological polar surface area (TPSA) is 122 Å². The number of imide groups is 1. The quantitative estimate of drug-likeness (QED) is 0.317. The SMILES string of the molecule is C[C@H](OC(=O)[C@H](C)N1C(=O)[C@H]2CC=CC[C@H]2C1=O)C(=O)NNC(=O)c1ccccc1. The van der Waals surface area contributed by atoms with E-state index in [2.05, 4.69) is 10.9 Å². The largest absolute Gasteiger partial charge is 0.451 e. The van der Waals surface area contributed by atoms with Gasteiger partial charge in [0.1, 0.15) is 6.04 Å². The summed E-state index contributed by atoms with van der Waals surface area (Å²) in [6.07, 6.45) is 3.40. The Morgan fingerprint density at radius 2 is 1.53 bits per heavy atom. The van der Waals surface area contributed by atoms with Gasteiger partial charge in [-0.2, -0.15) is 0 Å². The smallest absolute Gasteiger partial charge is 0.329 e. The molecule has 30 heavy (non-hydrogen) atoms. The molecule has 2 N–H and O–H groups in total. The van der Waals surface area contributed by atoms with E-state index in [1.807, 2.05) is 12.2 Å². The molecule has 9 heteroatoms. The van der Waals surface area contributed by atoms with Gasteiger partial charge in [-0.25, -0.2) is 4.79 Å². The maximum atomic E-state index is 12.6. The number of ether oxygens (including phenoxy) is 1. The molecule has 1 aromatic rings. The van der Waals surface area contributed by atoms with Crippen LogP contribution < -0.4 is 10.9 Å². The van der Waals surface area contributed by atoms with Crippen LogP contribution in [0.4, 0.5) is 0 Å². The summed E-state index contributed by atoms with van der Waals surface area (Å²) in [6, 6.07) is 7.10. The van der Waals surface area contributed by atoms with Gasteiger partial charge in [-0.1, -0.05) is 30.4 Å². The maximum absolute atomic E-state index is 12.6. The number of rotatable bonds is 5. The fourth-order valence-electron chi connectivity index (χ4n) is 3.52. The fourth-order valence-corrected chi connectivity index (χ4v) is 3.52. The summed E-state index contributed by atoms with van der Waals surface area (Å²) in [5, 5.41) is 0. The zero-order valence-corrected chi connectivity index (χ0v) is 16.7. The summed E-state index contributed by atoms with van der Waals surface area (Å²) < 4.78 is 5.11. The van der Waals surface area contributed by atoms with Crippen LogP contribution in [0, 0.1) is 11.8 Å². The van der Waals surface area contributed by atoms with Gasteiger partial charge in [0.05, 0.1) is 11.8 Å². The summed E-state index contributed by atoms with van der Waals surface area (Å²) in [5.41, 5.74) is 4.76. The lowest BCUT2D eigenvalue weighted by molar-refractivity contribution is -0.164. The maximum Gasteiger partial charge on any atom is 0.329 e. The van der Waals surface area contributed by atoms with E-state index in [1.54, 1.807) is 30.3 Å². The normalized spacial score (nSPS) is 22.1. The van der Waals surface area contributed by atoms with Crippen molar-refractivity contribution in [2.75, 3.05) is 0 Å². The number of benzene rings is 1. The third-order valence-corrected chi connectivity index (χ3v) is 5.27. The minimum absolute atomic E-state index is 0.345. The molecule has 0 radical (unpaired) electrons. The van der Waals surface area contributed by atoms with Gasteiger partial charge in [0, 0.05) is 5.56 Å². The third-order valence-electron chi connectivity index (χ3n) is 5.27. The highest BCUT2D eigenvalue weighted by Crippen LogP contribution is 2.36. The highest BCUT2D eigenvalue weighted by atomic mass is 16.5. The van der Waals surface area contributed by atoms with E-state index in [0.717, 1.165) is 4.90 Å². The Labute approximate surface area is 173 Å². The van der Waals surface area contributed by atoms with Crippen molar-refractivity contribution in [3.8, 4) is 0 Å². The lowest BCUT2D eigenvalue weighted by Crippen LogP contribution is -2.49. The van der Waals surface area contributed by atoms with E-state index in [-0.39, 0.29) is 0 Å². The minimum atomic E-state index is -1.24. The van der Waals surface area contributed by atoms with Gasteiger partial charge in [0.25, 0.3) is 11.8 Å². The molecule has 0 spiro atoms. The van der Waals surface area contributed by atoms with Crippen LogP contribution in [0.15, 0.2) is 42.5 Å². The predicted octanol–water partition coefficient (Wildman–Crippen LogP) is 0.719. The molecule has 3 rings (SSSR count). The molecule has 2 aliphatic rings. The van der Waals surface area contributed by atoms with E-state index in [1.165, 1.54) is 13.8 Å². The highest BCUT2D eigenvalue weighted by Gasteiger charge is 2.50. The standard InChI is InChI=1S/C21H23N3O6/c1-12(24-19(27)15-10-6-7-11-16(15)20(24)28)21(29)30-13(2)17(25)22-23-18(26)14-8-4-3-5-9-14/h3-9,12-13,15-16H,10-11H2,1-2H3,(H,22,25)(H,23,26)/t12-,13-,15-,16+/m0/s1. The number of carbonyl (C=O) groups excluding carboxylic acids is 5. The van der Waals surface area contributed by atoms with Crippen molar-refractivity contribution in [1.29, 1.82) is 0 Å². The molecule has 1 aliphatic carbocycles. The lowest BCUT2D eigenvalue weighted by atomic mass is 9.85. The molecule has 4 amide bonds. The Kier molecular flexibility index (Phi) is 6.29. The van der Waals surface area contributed by atoms with Crippen LogP contribution in [0.3, 0.4) is 0 Å². The number of fused-ring (bicyclic) bond motifs is 1.